The number of aliphatic imine (C=N–C) groups is 1. The lowest BCUT2D eigenvalue weighted by Gasteiger charge is -2.07. The van der Waals surface area contributed by atoms with Gasteiger partial charge in [0.2, 0.25) is 0 Å². The Morgan fingerprint density at radius 1 is 1.12 bits per heavy atom. The zero-order chi connectivity index (χ0) is 23.4. The van der Waals surface area contributed by atoms with E-state index in [2.05, 4.69) is 10.3 Å². The number of thioether (sulfide) groups is 1. The largest absolute Gasteiger partial charge is 0.456 e. The maximum absolute atomic E-state index is 12.3. The minimum atomic E-state index is -0.574. The van der Waals surface area contributed by atoms with Crippen LogP contribution in [0.5, 0.6) is 11.5 Å². The number of amides is 1. The summed E-state index contributed by atoms with van der Waals surface area (Å²) < 4.78 is 5.69. The van der Waals surface area contributed by atoms with E-state index >= 15 is 0 Å². The van der Waals surface area contributed by atoms with E-state index in [4.69, 9.17) is 16.3 Å². The molecule has 162 valence electrons. The zero-order valence-electron chi connectivity index (χ0n) is 16.7. The van der Waals surface area contributed by atoms with Crippen LogP contribution in [0.15, 0.2) is 76.6 Å². The standard InChI is InChI=1S/C23H13ClN4O4S/c24-16-3-5-17(6-4-16)26-23-27-22(29)21(33-23)11-14-1-8-19(9-2-14)32-20-10-7-18(28(30)31)12-15(20)13-25/h1-12H,(H,26,27,29)/b21-11-. The second-order valence-corrected chi connectivity index (χ2v) is 8.15. The van der Waals surface area contributed by atoms with Crippen molar-refractivity contribution >= 4 is 51.9 Å². The molecule has 1 saturated heterocycles. The van der Waals surface area contributed by atoms with E-state index in [0.29, 0.717) is 26.5 Å². The lowest BCUT2D eigenvalue weighted by atomic mass is 10.2. The molecule has 10 heteroatoms. The summed E-state index contributed by atoms with van der Waals surface area (Å²) in [6.45, 7) is 0. The molecule has 33 heavy (non-hydrogen) atoms. The molecule has 1 N–H and O–H groups in total. The van der Waals surface area contributed by atoms with Gasteiger partial charge >= 0.3 is 0 Å². The van der Waals surface area contributed by atoms with Crippen molar-refractivity contribution in [2.75, 3.05) is 0 Å². The number of nitro benzene ring substituents is 1. The second kappa shape index (κ2) is 9.56. The molecule has 0 unspecified atom stereocenters. The first kappa shape index (κ1) is 22.1. The molecule has 0 aliphatic carbocycles. The van der Waals surface area contributed by atoms with Gasteiger partial charge in [-0.2, -0.15) is 5.26 Å². The van der Waals surface area contributed by atoms with Crippen molar-refractivity contribution in [2.45, 2.75) is 0 Å². The second-order valence-electron chi connectivity index (χ2n) is 6.68. The molecule has 3 aromatic rings. The molecule has 0 radical (unpaired) electrons. The Hall–Kier alpha value is -4.13. The van der Waals surface area contributed by atoms with Crippen molar-refractivity contribution in [3.8, 4) is 17.6 Å². The number of carbonyl (C=O) groups excluding carboxylic acids is 1. The summed E-state index contributed by atoms with van der Waals surface area (Å²) in [5.41, 5.74) is 1.30. The van der Waals surface area contributed by atoms with Gasteiger partial charge in [-0.3, -0.25) is 14.9 Å². The fraction of sp³-hybridized carbons (Fsp3) is 0. The molecule has 0 saturated carbocycles. The van der Waals surface area contributed by atoms with E-state index < -0.39 is 4.92 Å². The maximum atomic E-state index is 12.3. The summed E-state index contributed by atoms with van der Waals surface area (Å²) in [6, 6.07) is 19.5. The van der Waals surface area contributed by atoms with Gasteiger partial charge in [-0.1, -0.05) is 23.7 Å². The highest BCUT2D eigenvalue weighted by molar-refractivity contribution is 8.18. The van der Waals surface area contributed by atoms with E-state index in [1.165, 1.54) is 23.9 Å². The smallest absolute Gasteiger partial charge is 0.271 e. The van der Waals surface area contributed by atoms with Crippen LogP contribution in [0.3, 0.4) is 0 Å². The minimum Gasteiger partial charge on any atom is -0.456 e. The molecular weight excluding hydrogens is 464 g/mol. The van der Waals surface area contributed by atoms with E-state index in [1.807, 2.05) is 6.07 Å². The Kier molecular flexibility index (Phi) is 6.40. The molecule has 3 aromatic carbocycles. The van der Waals surface area contributed by atoms with Gasteiger partial charge in [0, 0.05) is 17.2 Å². The van der Waals surface area contributed by atoms with Crippen molar-refractivity contribution < 1.29 is 14.5 Å². The first-order valence-electron chi connectivity index (χ1n) is 9.43. The number of ether oxygens (including phenoxy) is 1. The van der Waals surface area contributed by atoms with Gasteiger partial charge in [0.25, 0.3) is 11.6 Å². The van der Waals surface area contributed by atoms with Crippen LogP contribution in [0.25, 0.3) is 6.08 Å². The first-order valence-corrected chi connectivity index (χ1v) is 10.6. The molecule has 1 aliphatic rings. The van der Waals surface area contributed by atoms with Crippen molar-refractivity contribution in [3.05, 3.63) is 97.9 Å². The van der Waals surface area contributed by atoms with Crippen LogP contribution in [0.2, 0.25) is 5.02 Å². The molecule has 4 rings (SSSR count). The molecule has 1 fully saturated rings. The molecule has 0 atom stereocenters. The fourth-order valence-electron chi connectivity index (χ4n) is 2.83. The highest BCUT2D eigenvalue weighted by Gasteiger charge is 2.23. The Bertz CT molecular complexity index is 1350. The van der Waals surface area contributed by atoms with Crippen molar-refractivity contribution in [1.29, 1.82) is 5.26 Å². The Morgan fingerprint density at radius 2 is 1.85 bits per heavy atom. The van der Waals surface area contributed by atoms with Gasteiger partial charge in [-0.15, -0.1) is 0 Å². The summed E-state index contributed by atoms with van der Waals surface area (Å²) in [5, 5.41) is 23.9. The van der Waals surface area contributed by atoms with Gasteiger partial charge in [0.1, 0.15) is 23.1 Å². The molecule has 0 bridgehead atoms. The van der Waals surface area contributed by atoms with Gasteiger partial charge < -0.3 is 10.1 Å². The number of hydrogen-bond acceptors (Lipinski definition) is 7. The normalized spacial score (nSPS) is 15.3. The number of halogens is 1. The maximum Gasteiger partial charge on any atom is 0.271 e. The molecule has 0 aromatic heterocycles. The average Bonchev–Trinajstić information content (AvgIpc) is 3.15. The van der Waals surface area contributed by atoms with Crippen molar-refractivity contribution in [1.82, 2.24) is 5.32 Å². The topological polar surface area (TPSA) is 118 Å². The summed E-state index contributed by atoms with van der Waals surface area (Å²) in [5.74, 6) is 0.400. The SMILES string of the molecule is N#Cc1cc([N+](=O)[O-])ccc1Oc1ccc(/C=C2\SC(=Nc3ccc(Cl)cc3)NC2=O)cc1. The zero-order valence-corrected chi connectivity index (χ0v) is 18.3. The quantitative estimate of drug-likeness (QED) is 0.282. The molecule has 8 nitrogen and oxygen atoms in total. The van der Waals surface area contributed by atoms with Crippen LogP contribution >= 0.6 is 23.4 Å². The highest BCUT2D eigenvalue weighted by Crippen LogP contribution is 2.31. The van der Waals surface area contributed by atoms with Crippen LogP contribution in [-0.4, -0.2) is 16.0 Å². The molecule has 1 aliphatic heterocycles. The number of nitro groups is 1. The number of carbonyl (C=O) groups is 1. The summed E-state index contributed by atoms with van der Waals surface area (Å²) in [7, 11) is 0. The third-order valence-electron chi connectivity index (χ3n) is 4.41. The molecule has 1 amide bonds. The third kappa shape index (κ3) is 5.38. The van der Waals surface area contributed by atoms with Crippen LogP contribution in [0.1, 0.15) is 11.1 Å². The predicted octanol–water partition coefficient (Wildman–Crippen LogP) is 5.80. The van der Waals surface area contributed by atoms with Gasteiger partial charge in [-0.05, 0) is 65.9 Å². The number of nitriles is 1. The number of amidine groups is 1. The molecule has 0 spiro atoms. The Morgan fingerprint density at radius 3 is 2.52 bits per heavy atom. The van der Waals surface area contributed by atoms with E-state index in [9.17, 15) is 20.2 Å². The number of benzene rings is 3. The summed E-state index contributed by atoms with van der Waals surface area (Å²) in [6.07, 6.45) is 1.72. The average molecular weight is 477 g/mol. The number of nitrogens with one attached hydrogen (secondary N) is 1. The lowest BCUT2D eigenvalue weighted by Crippen LogP contribution is -2.19. The first-order chi connectivity index (χ1) is 15.9. The predicted molar refractivity (Wildman–Crippen MR) is 127 cm³/mol. The van der Waals surface area contributed by atoms with Gasteiger partial charge in [0.15, 0.2) is 5.17 Å². The number of rotatable bonds is 5. The third-order valence-corrected chi connectivity index (χ3v) is 5.57. The van der Waals surface area contributed by atoms with Crippen LogP contribution in [0, 0.1) is 21.4 Å². The minimum absolute atomic E-state index is 0.0573. The number of nitrogens with zero attached hydrogens (tertiary/aromatic N) is 3. The monoisotopic (exact) mass is 476 g/mol. The number of non-ortho nitro benzene ring substituents is 1. The lowest BCUT2D eigenvalue weighted by molar-refractivity contribution is -0.384. The van der Waals surface area contributed by atoms with Gasteiger partial charge in [-0.25, -0.2) is 4.99 Å². The van der Waals surface area contributed by atoms with Crippen LogP contribution in [-0.2, 0) is 4.79 Å². The van der Waals surface area contributed by atoms with E-state index in [-0.39, 0.29) is 22.9 Å². The van der Waals surface area contributed by atoms with Gasteiger partial charge in [0.05, 0.1) is 15.5 Å². The Labute approximate surface area is 197 Å². The molecule has 1 heterocycles. The van der Waals surface area contributed by atoms with E-state index in [1.54, 1.807) is 54.6 Å². The van der Waals surface area contributed by atoms with Crippen LogP contribution in [0.4, 0.5) is 11.4 Å². The summed E-state index contributed by atoms with van der Waals surface area (Å²) >= 11 is 7.10. The number of hydrogen-bond donors (Lipinski definition) is 1. The van der Waals surface area contributed by atoms with Crippen LogP contribution < -0.4 is 10.1 Å². The van der Waals surface area contributed by atoms with E-state index in [0.717, 1.165) is 11.6 Å². The summed E-state index contributed by atoms with van der Waals surface area (Å²) in [4.78, 5) is 27.5. The fourth-order valence-corrected chi connectivity index (χ4v) is 3.80. The molecular formula is C23H13ClN4O4S. The highest BCUT2D eigenvalue weighted by atomic mass is 35.5. The Balaban J connectivity index is 1.47. The van der Waals surface area contributed by atoms with Crippen molar-refractivity contribution in [3.63, 3.8) is 0 Å². The van der Waals surface area contributed by atoms with Crippen molar-refractivity contribution in [2.24, 2.45) is 4.99 Å².